The van der Waals surface area contributed by atoms with Crippen LogP contribution < -0.4 is 5.32 Å². The van der Waals surface area contributed by atoms with Crippen molar-refractivity contribution in [3.05, 3.63) is 50.2 Å². The van der Waals surface area contributed by atoms with E-state index < -0.39 is 0 Å². The van der Waals surface area contributed by atoms with Gasteiger partial charge in [0, 0.05) is 19.5 Å². The number of rotatable bonds is 5. The number of likely N-dealkylation sites (N-methyl/N-ethyl adjacent to an activating group) is 1. The van der Waals surface area contributed by atoms with E-state index in [1.165, 1.54) is 0 Å². The summed E-state index contributed by atoms with van der Waals surface area (Å²) in [5.41, 5.74) is 2.94. The maximum Gasteiger partial charge on any atom is 0.0847 e. The van der Waals surface area contributed by atoms with Crippen molar-refractivity contribution in [3.8, 4) is 0 Å². The summed E-state index contributed by atoms with van der Waals surface area (Å²) in [5, 5.41) is 9.66. The molecule has 21 heavy (non-hydrogen) atoms. The molecule has 0 saturated carbocycles. The molecule has 0 spiro atoms. The number of benzene rings is 1. The Bertz CT molecular complexity index is 637. The van der Waals surface area contributed by atoms with Crippen LogP contribution in [0.5, 0.6) is 0 Å². The molecule has 3 nitrogen and oxygen atoms in total. The van der Waals surface area contributed by atoms with Crippen LogP contribution in [0.2, 0.25) is 15.1 Å². The first kappa shape index (κ1) is 16.6. The lowest BCUT2D eigenvalue weighted by Crippen LogP contribution is -2.24. The van der Waals surface area contributed by atoms with Gasteiger partial charge in [-0.1, -0.05) is 47.8 Å². The van der Waals surface area contributed by atoms with Gasteiger partial charge in [-0.3, -0.25) is 4.68 Å². The molecule has 1 N–H and O–H groups in total. The molecule has 1 atom stereocenters. The van der Waals surface area contributed by atoms with Gasteiger partial charge in [0.2, 0.25) is 0 Å². The summed E-state index contributed by atoms with van der Waals surface area (Å²) in [5.74, 6) is 0. The minimum Gasteiger partial charge on any atom is -0.310 e. The number of aromatic nitrogens is 2. The molecule has 2 rings (SSSR count). The van der Waals surface area contributed by atoms with Gasteiger partial charge in [0.05, 0.1) is 26.5 Å². The summed E-state index contributed by atoms with van der Waals surface area (Å²) in [6, 6.07) is 5.81. The minimum absolute atomic E-state index is 0.108. The molecule has 1 aromatic heterocycles. The first-order chi connectivity index (χ1) is 9.93. The molecule has 0 aliphatic rings. The van der Waals surface area contributed by atoms with Crippen molar-refractivity contribution in [2.75, 3.05) is 6.54 Å². The van der Waals surface area contributed by atoms with E-state index in [9.17, 15) is 0 Å². The van der Waals surface area contributed by atoms with Crippen LogP contribution in [0.3, 0.4) is 0 Å². The molecule has 0 radical (unpaired) electrons. The average Bonchev–Trinajstić information content (AvgIpc) is 2.68. The van der Waals surface area contributed by atoms with Gasteiger partial charge in [-0.2, -0.15) is 5.10 Å². The van der Waals surface area contributed by atoms with Crippen molar-refractivity contribution in [2.24, 2.45) is 7.05 Å². The first-order valence-electron chi connectivity index (χ1n) is 6.80. The molecule has 0 fully saturated rings. The summed E-state index contributed by atoms with van der Waals surface area (Å²) >= 11 is 18.5. The molecule has 0 aliphatic heterocycles. The average molecular weight is 347 g/mol. The number of halogens is 3. The van der Waals surface area contributed by atoms with Crippen LogP contribution in [0, 0.1) is 6.92 Å². The van der Waals surface area contributed by atoms with Crippen molar-refractivity contribution >= 4 is 34.8 Å². The van der Waals surface area contributed by atoms with E-state index >= 15 is 0 Å². The molecule has 1 aromatic carbocycles. The highest BCUT2D eigenvalue weighted by molar-refractivity contribution is 6.42. The Morgan fingerprint density at radius 3 is 2.48 bits per heavy atom. The highest BCUT2D eigenvalue weighted by Gasteiger charge is 2.18. The Hall–Kier alpha value is -0.740. The molecule has 0 bridgehead atoms. The quantitative estimate of drug-likeness (QED) is 0.858. The second kappa shape index (κ2) is 7.01. The molecular weight excluding hydrogens is 329 g/mol. The minimum atomic E-state index is 0.108. The van der Waals surface area contributed by atoms with E-state index in [4.69, 9.17) is 34.8 Å². The zero-order valence-corrected chi connectivity index (χ0v) is 14.5. The Labute approximate surface area is 140 Å². The van der Waals surface area contributed by atoms with Crippen LogP contribution in [-0.4, -0.2) is 16.3 Å². The summed E-state index contributed by atoms with van der Waals surface area (Å²) in [6.07, 6.45) is 0.738. The number of aryl methyl sites for hydroxylation is 2. The van der Waals surface area contributed by atoms with Gasteiger partial charge in [-0.05, 0) is 31.2 Å². The van der Waals surface area contributed by atoms with E-state index in [-0.39, 0.29) is 6.04 Å². The standard InChI is InChI=1S/C15H18Cl3N3/c1-4-19-13(10-5-6-11(16)12(17)7-10)8-14-15(18)9(2)20-21(14)3/h5-7,13,19H,4,8H2,1-3H3. The van der Waals surface area contributed by atoms with Gasteiger partial charge < -0.3 is 5.32 Å². The Morgan fingerprint density at radius 2 is 1.95 bits per heavy atom. The molecule has 0 saturated heterocycles. The van der Waals surface area contributed by atoms with Crippen molar-refractivity contribution in [1.82, 2.24) is 15.1 Å². The lowest BCUT2D eigenvalue weighted by atomic mass is 10.0. The lowest BCUT2D eigenvalue weighted by Gasteiger charge is -2.19. The molecule has 0 aliphatic carbocycles. The van der Waals surface area contributed by atoms with Gasteiger partial charge in [0.15, 0.2) is 0 Å². The van der Waals surface area contributed by atoms with Gasteiger partial charge >= 0.3 is 0 Å². The monoisotopic (exact) mass is 345 g/mol. The Morgan fingerprint density at radius 1 is 1.24 bits per heavy atom. The maximum atomic E-state index is 6.34. The van der Waals surface area contributed by atoms with Gasteiger partial charge in [0.25, 0.3) is 0 Å². The van der Waals surface area contributed by atoms with Crippen LogP contribution >= 0.6 is 34.8 Å². The molecule has 6 heteroatoms. The fourth-order valence-electron chi connectivity index (χ4n) is 2.38. The fraction of sp³-hybridized carbons (Fsp3) is 0.400. The normalized spacial score (nSPS) is 12.7. The maximum absolute atomic E-state index is 6.34. The van der Waals surface area contributed by atoms with Crippen molar-refractivity contribution < 1.29 is 0 Å². The lowest BCUT2D eigenvalue weighted by molar-refractivity contribution is 0.529. The molecular formula is C15H18Cl3N3. The van der Waals surface area contributed by atoms with Crippen LogP contribution in [0.25, 0.3) is 0 Å². The highest BCUT2D eigenvalue weighted by atomic mass is 35.5. The van der Waals surface area contributed by atoms with Crippen molar-refractivity contribution in [1.29, 1.82) is 0 Å². The van der Waals surface area contributed by atoms with E-state index in [1.54, 1.807) is 0 Å². The zero-order valence-electron chi connectivity index (χ0n) is 12.3. The fourth-order valence-corrected chi connectivity index (χ4v) is 2.92. The van der Waals surface area contributed by atoms with E-state index in [0.29, 0.717) is 10.0 Å². The second-order valence-electron chi connectivity index (χ2n) is 4.96. The van der Waals surface area contributed by atoms with Crippen molar-refractivity contribution in [2.45, 2.75) is 26.3 Å². The second-order valence-corrected chi connectivity index (χ2v) is 6.15. The summed E-state index contributed by atoms with van der Waals surface area (Å²) in [4.78, 5) is 0. The summed E-state index contributed by atoms with van der Waals surface area (Å²) in [7, 11) is 1.91. The van der Waals surface area contributed by atoms with Crippen molar-refractivity contribution in [3.63, 3.8) is 0 Å². The Balaban J connectivity index is 2.32. The van der Waals surface area contributed by atoms with Crippen LogP contribution in [0.4, 0.5) is 0 Å². The number of hydrogen-bond donors (Lipinski definition) is 1. The van der Waals surface area contributed by atoms with Gasteiger partial charge in [-0.15, -0.1) is 0 Å². The molecule has 0 amide bonds. The van der Waals surface area contributed by atoms with Gasteiger partial charge in [0.1, 0.15) is 0 Å². The number of nitrogens with zero attached hydrogens (tertiary/aromatic N) is 2. The van der Waals surface area contributed by atoms with E-state index in [0.717, 1.165) is 34.9 Å². The third kappa shape index (κ3) is 3.72. The summed E-state index contributed by atoms with van der Waals surface area (Å²) in [6.45, 7) is 4.83. The third-order valence-electron chi connectivity index (χ3n) is 3.46. The SMILES string of the molecule is CCNC(Cc1c(Cl)c(C)nn1C)c1ccc(Cl)c(Cl)c1. The molecule has 114 valence electrons. The van der Waals surface area contributed by atoms with Crippen LogP contribution in [-0.2, 0) is 13.5 Å². The predicted molar refractivity (Wildman–Crippen MR) is 89.5 cm³/mol. The number of nitrogens with one attached hydrogen (secondary N) is 1. The molecule has 1 unspecified atom stereocenters. The number of hydrogen-bond acceptors (Lipinski definition) is 2. The first-order valence-corrected chi connectivity index (χ1v) is 7.93. The highest BCUT2D eigenvalue weighted by Crippen LogP contribution is 2.29. The largest absolute Gasteiger partial charge is 0.310 e. The molecule has 2 aromatic rings. The topological polar surface area (TPSA) is 29.9 Å². The Kier molecular flexibility index (Phi) is 5.55. The van der Waals surface area contributed by atoms with E-state index in [1.807, 2.05) is 36.9 Å². The van der Waals surface area contributed by atoms with Crippen LogP contribution in [0.1, 0.15) is 29.9 Å². The van der Waals surface area contributed by atoms with Crippen LogP contribution in [0.15, 0.2) is 18.2 Å². The summed E-state index contributed by atoms with van der Waals surface area (Å²) < 4.78 is 1.83. The van der Waals surface area contributed by atoms with Gasteiger partial charge in [-0.25, -0.2) is 0 Å². The zero-order chi connectivity index (χ0) is 15.6. The van der Waals surface area contributed by atoms with E-state index in [2.05, 4.69) is 17.3 Å². The third-order valence-corrected chi connectivity index (χ3v) is 4.69. The predicted octanol–water partition coefficient (Wildman–Crippen LogP) is 4.58. The molecule has 1 heterocycles. The smallest absolute Gasteiger partial charge is 0.0847 e.